The van der Waals surface area contributed by atoms with Gasteiger partial charge in [-0.1, -0.05) is 29.3 Å². The average molecular weight is 312 g/mol. The number of anilines is 1. The highest BCUT2D eigenvalue weighted by Crippen LogP contribution is 2.29. The van der Waals surface area contributed by atoms with Crippen LogP contribution in [-0.2, 0) is 4.79 Å². The zero-order valence-corrected chi connectivity index (χ0v) is 12.4. The van der Waals surface area contributed by atoms with Gasteiger partial charge in [0.05, 0.1) is 28.3 Å². The quantitative estimate of drug-likeness (QED) is 0.932. The Morgan fingerprint density at radius 2 is 2.10 bits per heavy atom. The molecule has 0 aliphatic carbocycles. The van der Waals surface area contributed by atoms with Gasteiger partial charge in [-0.15, -0.1) is 0 Å². The molecule has 1 N–H and O–H groups in total. The van der Waals surface area contributed by atoms with Crippen molar-refractivity contribution in [3.63, 3.8) is 0 Å². The minimum atomic E-state index is -0.121. The van der Waals surface area contributed by atoms with Crippen LogP contribution in [0.2, 0.25) is 10.0 Å². The molecule has 0 saturated carbocycles. The van der Waals surface area contributed by atoms with E-state index in [1.54, 1.807) is 18.2 Å². The number of benzene rings is 1. The van der Waals surface area contributed by atoms with Crippen LogP contribution < -0.4 is 5.32 Å². The summed E-state index contributed by atoms with van der Waals surface area (Å²) in [6.45, 7) is 1.85. The Labute approximate surface area is 128 Å². The summed E-state index contributed by atoms with van der Waals surface area (Å²) in [5, 5.41) is 12.4. The maximum Gasteiger partial charge on any atom is 0.238 e. The number of amides is 1. The van der Waals surface area contributed by atoms with Crippen molar-refractivity contribution in [1.29, 1.82) is 5.26 Å². The van der Waals surface area contributed by atoms with E-state index >= 15 is 0 Å². The summed E-state index contributed by atoms with van der Waals surface area (Å²) < 4.78 is 0. The van der Waals surface area contributed by atoms with E-state index in [2.05, 4.69) is 11.4 Å². The summed E-state index contributed by atoms with van der Waals surface area (Å²) in [5.74, 6) is 0.00117. The zero-order valence-electron chi connectivity index (χ0n) is 10.9. The maximum atomic E-state index is 12.0. The third-order valence-corrected chi connectivity index (χ3v) is 4.18. The van der Waals surface area contributed by atoms with E-state index in [-0.39, 0.29) is 11.8 Å². The molecule has 0 spiro atoms. The predicted octanol–water partition coefficient (Wildman–Crippen LogP) is 3.17. The molecule has 1 amide bonds. The van der Waals surface area contributed by atoms with Crippen molar-refractivity contribution in [3.8, 4) is 6.07 Å². The summed E-state index contributed by atoms with van der Waals surface area (Å²) in [4.78, 5) is 14.0. The lowest BCUT2D eigenvalue weighted by Gasteiger charge is -2.28. The Morgan fingerprint density at radius 3 is 2.75 bits per heavy atom. The first-order chi connectivity index (χ1) is 9.60. The van der Waals surface area contributed by atoms with E-state index in [1.165, 1.54) is 0 Å². The van der Waals surface area contributed by atoms with E-state index < -0.39 is 0 Å². The SMILES string of the molecule is N#CC1CCN(CC(=O)Nc2cccc(Cl)c2Cl)CC1. The molecule has 1 aromatic rings. The molecule has 1 aliphatic rings. The number of rotatable bonds is 3. The Morgan fingerprint density at radius 1 is 1.40 bits per heavy atom. The molecule has 2 rings (SSSR count). The highest BCUT2D eigenvalue weighted by atomic mass is 35.5. The molecule has 106 valence electrons. The van der Waals surface area contributed by atoms with Gasteiger partial charge < -0.3 is 5.32 Å². The third kappa shape index (κ3) is 3.86. The molecule has 0 radical (unpaired) electrons. The van der Waals surface area contributed by atoms with E-state index in [9.17, 15) is 4.79 Å². The number of nitriles is 1. The van der Waals surface area contributed by atoms with Crippen LogP contribution in [0.25, 0.3) is 0 Å². The van der Waals surface area contributed by atoms with Gasteiger partial charge in [-0.3, -0.25) is 9.69 Å². The second-order valence-electron chi connectivity index (χ2n) is 4.83. The van der Waals surface area contributed by atoms with Gasteiger partial charge in [0, 0.05) is 5.92 Å². The van der Waals surface area contributed by atoms with Crippen LogP contribution in [-0.4, -0.2) is 30.4 Å². The number of carbonyl (C=O) groups is 1. The van der Waals surface area contributed by atoms with Crippen LogP contribution in [0, 0.1) is 17.2 Å². The Kier molecular flexibility index (Phi) is 5.24. The fourth-order valence-corrected chi connectivity index (χ4v) is 2.56. The van der Waals surface area contributed by atoms with E-state index in [0.717, 1.165) is 25.9 Å². The number of piperidine rings is 1. The molecule has 1 heterocycles. The summed E-state index contributed by atoms with van der Waals surface area (Å²) in [5.41, 5.74) is 0.524. The van der Waals surface area contributed by atoms with Crippen LogP contribution in [0.5, 0.6) is 0 Å². The third-order valence-electron chi connectivity index (χ3n) is 3.36. The number of halogens is 2. The van der Waals surface area contributed by atoms with Gasteiger partial charge in [-0.25, -0.2) is 0 Å². The maximum absolute atomic E-state index is 12.0. The molecular formula is C14H15Cl2N3O. The Hall–Kier alpha value is -1.28. The lowest BCUT2D eigenvalue weighted by Crippen LogP contribution is -2.39. The fourth-order valence-electron chi connectivity index (χ4n) is 2.21. The second kappa shape index (κ2) is 6.94. The van der Waals surface area contributed by atoms with Crippen molar-refractivity contribution in [2.75, 3.05) is 25.0 Å². The molecule has 0 bridgehead atoms. The number of nitrogens with zero attached hydrogens (tertiary/aromatic N) is 2. The van der Waals surface area contributed by atoms with Crippen LogP contribution >= 0.6 is 23.2 Å². The first-order valence-electron chi connectivity index (χ1n) is 6.46. The molecule has 6 heteroatoms. The zero-order chi connectivity index (χ0) is 14.5. The summed E-state index contributed by atoms with van der Waals surface area (Å²) in [6.07, 6.45) is 1.64. The van der Waals surface area contributed by atoms with Crippen molar-refractivity contribution in [2.45, 2.75) is 12.8 Å². The van der Waals surface area contributed by atoms with Crippen LogP contribution in [0.4, 0.5) is 5.69 Å². The highest BCUT2D eigenvalue weighted by molar-refractivity contribution is 6.43. The molecule has 1 fully saturated rings. The average Bonchev–Trinajstić information content (AvgIpc) is 2.45. The largest absolute Gasteiger partial charge is 0.324 e. The summed E-state index contributed by atoms with van der Waals surface area (Å²) >= 11 is 11.9. The van der Waals surface area contributed by atoms with Crippen molar-refractivity contribution >= 4 is 34.8 Å². The second-order valence-corrected chi connectivity index (χ2v) is 5.61. The fraction of sp³-hybridized carbons (Fsp3) is 0.429. The number of hydrogen-bond acceptors (Lipinski definition) is 3. The van der Waals surface area contributed by atoms with Gasteiger partial charge in [0.1, 0.15) is 0 Å². The van der Waals surface area contributed by atoms with Crippen molar-refractivity contribution in [3.05, 3.63) is 28.2 Å². The minimum Gasteiger partial charge on any atom is -0.324 e. The molecular weight excluding hydrogens is 297 g/mol. The molecule has 1 aromatic carbocycles. The molecule has 0 unspecified atom stereocenters. The summed E-state index contributed by atoms with van der Waals surface area (Å²) in [6, 6.07) is 7.40. The molecule has 4 nitrogen and oxygen atoms in total. The van der Waals surface area contributed by atoms with Gasteiger partial charge in [0.25, 0.3) is 0 Å². The monoisotopic (exact) mass is 311 g/mol. The van der Waals surface area contributed by atoms with E-state index in [4.69, 9.17) is 28.5 Å². The van der Waals surface area contributed by atoms with Crippen LogP contribution in [0.1, 0.15) is 12.8 Å². The topological polar surface area (TPSA) is 56.1 Å². The summed E-state index contributed by atoms with van der Waals surface area (Å²) in [7, 11) is 0. The number of carbonyl (C=O) groups excluding carboxylic acids is 1. The van der Waals surface area contributed by atoms with Gasteiger partial charge in [0.15, 0.2) is 0 Å². The first kappa shape index (κ1) is 15.1. The molecule has 0 aromatic heterocycles. The molecule has 1 saturated heterocycles. The first-order valence-corrected chi connectivity index (χ1v) is 7.21. The number of hydrogen-bond donors (Lipinski definition) is 1. The predicted molar refractivity (Wildman–Crippen MR) is 79.9 cm³/mol. The highest BCUT2D eigenvalue weighted by Gasteiger charge is 2.20. The molecule has 20 heavy (non-hydrogen) atoms. The van der Waals surface area contributed by atoms with Crippen molar-refractivity contribution in [1.82, 2.24) is 4.90 Å². The normalized spacial score (nSPS) is 16.6. The van der Waals surface area contributed by atoms with Crippen LogP contribution in [0.15, 0.2) is 18.2 Å². The minimum absolute atomic E-state index is 0.121. The Balaban J connectivity index is 1.87. The number of nitrogens with one attached hydrogen (secondary N) is 1. The van der Waals surface area contributed by atoms with Crippen molar-refractivity contribution < 1.29 is 4.79 Å². The smallest absolute Gasteiger partial charge is 0.238 e. The van der Waals surface area contributed by atoms with Gasteiger partial charge in [-0.2, -0.15) is 5.26 Å². The van der Waals surface area contributed by atoms with Crippen molar-refractivity contribution in [2.24, 2.45) is 5.92 Å². The van der Waals surface area contributed by atoms with Crippen LogP contribution in [0.3, 0.4) is 0 Å². The van der Waals surface area contributed by atoms with Gasteiger partial charge in [0.2, 0.25) is 5.91 Å². The Bertz CT molecular complexity index is 534. The number of likely N-dealkylation sites (tertiary alicyclic amines) is 1. The van der Waals surface area contributed by atoms with Gasteiger partial charge in [-0.05, 0) is 38.1 Å². The standard InChI is InChI=1S/C14H15Cl2N3O/c15-11-2-1-3-12(14(11)16)18-13(20)9-19-6-4-10(8-17)5-7-19/h1-3,10H,4-7,9H2,(H,18,20). The van der Waals surface area contributed by atoms with Gasteiger partial charge >= 0.3 is 0 Å². The lowest BCUT2D eigenvalue weighted by molar-refractivity contribution is -0.117. The lowest BCUT2D eigenvalue weighted by atomic mass is 9.99. The van der Waals surface area contributed by atoms with E-state index in [1.807, 2.05) is 4.90 Å². The molecule has 1 aliphatic heterocycles. The molecule has 0 atom stereocenters. The van der Waals surface area contributed by atoms with E-state index in [0.29, 0.717) is 22.3 Å².